The van der Waals surface area contributed by atoms with Crippen LogP contribution in [0.25, 0.3) is 11.1 Å². The van der Waals surface area contributed by atoms with Crippen LogP contribution in [0.15, 0.2) is 35.9 Å². The van der Waals surface area contributed by atoms with E-state index in [9.17, 15) is 18.8 Å². The summed E-state index contributed by atoms with van der Waals surface area (Å²) in [7, 11) is 0. The number of amides is 2. The van der Waals surface area contributed by atoms with E-state index in [4.69, 9.17) is 17.0 Å². The van der Waals surface area contributed by atoms with Crippen LogP contribution in [0, 0.1) is 19.7 Å². The number of thiophene rings is 1. The predicted molar refractivity (Wildman–Crippen MR) is 148 cm³/mol. The van der Waals surface area contributed by atoms with Crippen LogP contribution in [0.3, 0.4) is 0 Å². The van der Waals surface area contributed by atoms with Crippen molar-refractivity contribution in [1.29, 1.82) is 0 Å². The van der Waals surface area contributed by atoms with Crippen molar-refractivity contribution in [2.75, 3.05) is 11.5 Å². The summed E-state index contributed by atoms with van der Waals surface area (Å²) in [5, 5.41) is 3.09. The molecule has 38 heavy (non-hydrogen) atoms. The van der Waals surface area contributed by atoms with Gasteiger partial charge < -0.3 is 9.30 Å². The maximum atomic E-state index is 14.5. The van der Waals surface area contributed by atoms with Crippen LogP contribution in [0.1, 0.15) is 57.5 Å². The summed E-state index contributed by atoms with van der Waals surface area (Å²) in [6, 6.07) is 7.60. The Morgan fingerprint density at radius 3 is 2.68 bits per heavy atom. The van der Waals surface area contributed by atoms with Crippen LogP contribution in [0.5, 0.6) is 0 Å². The number of benzene rings is 1. The van der Waals surface area contributed by atoms with Crippen molar-refractivity contribution in [2.24, 2.45) is 0 Å². The lowest BCUT2D eigenvalue weighted by atomic mass is 9.95. The Kier molecular flexibility index (Phi) is 7.02. The third-order valence-corrected chi connectivity index (χ3v) is 8.36. The summed E-state index contributed by atoms with van der Waals surface area (Å²) in [5.74, 6) is -2.35. The van der Waals surface area contributed by atoms with Crippen molar-refractivity contribution in [3.63, 3.8) is 0 Å². The Morgan fingerprint density at radius 1 is 1.21 bits per heavy atom. The number of nitrogens with one attached hydrogen (secondary N) is 1. The van der Waals surface area contributed by atoms with E-state index in [0.29, 0.717) is 11.1 Å². The highest BCUT2D eigenvalue weighted by atomic mass is 32.1. The number of anilines is 1. The van der Waals surface area contributed by atoms with E-state index in [0.717, 1.165) is 52.5 Å². The van der Waals surface area contributed by atoms with Crippen molar-refractivity contribution < 1.29 is 23.5 Å². The lowest BCUT2D eigenvalue weighted by molar-refractivity contribution is -0.122. The van der Waals surface area contributed by atoms with Gasteiger partial charge in [0.25, 0.3) is 11.8 Å². The SMILES string of the molecule is CCOC(=O)c1c(-n2c(C)cc(/C=C3\C(=O)NC(=S)N(c4ccccc4F)C3=O)c2C)sc2c1CCCC2. The van der Waals surface area contributed by atoms with Crippen LogP contribution < -0.4 is 10.2 Å². The lowest BCUT2D eigenvalue weighted by Gasteiger charge is -2.29. The van der Waals surface area contributed by atoms with Crippen molar-refractivity contribution in [2.45, 2.75) is 46.5 Å². The quantitative estimate of drug-likeness (QED) is 0.205. The molecule has 0 radical (unpaired) electrons. The van der Waals surface area contributed by atoms with E-state index in [1.165, 1.54) is 29.2 Å². The zero-order chi connectivity index (χ0) is 27.1. The number of aromatic nitrogens is 1. The largest absolute Gasteiger partial charge is 0.462 e. The number of nitrogens with zero attached hydrogens (tertiary/aromatic N) is 2. The normalized spacial score (nSPS) is 16.6. The van der Waals surface area contributed by atoms with E-state index >= 15 is 0 Å². The second-order valence-corrected chi connectivity index (χ2v) is 10.7. The standard InChI is InChI=1S/C28H26FN3O4S2/c1-4-36-27(35)23-18-9-5-8-12-22(18)38-26(23)31-15(2)13-17(16(31)3)14-19-24(33)30-28(37)32(25(19)34)21-11-7-6-10-20(21)29/h6-7,10-11,13-14H,4-5,8-9,12H2,1-3H3,(H,30,33,37)/b19-14+. The third kappa shape index (κ3) is 4.37. The zero-order valence-electron chi connectivity index (χ0n) is 21.2. The summed E-state index contributed by atoms with van der Waals surface area (Å²) in [6.07, 6.45) is 5.34. The van der Waals surface area contributed by atoms with Crippen molar-refractivity contribution in [1.82, 2.24) is 9.88 Å². The number of fused-ring (bicyclic) bond motifs is 1. The molecule has 1 aliphatic carbocycles. The fourth-order valence-corrected chi connectivity index (χ4v) is 6.80. The first-order valence-corrected chi connectivity index (χ1v) is 13.6. The van der Waals surface area contributed by atoms with Gasteiger partial charge in [-0.3, -0.25) is 14.9 Å². The monoisotopic (exact) mass is 551 g/mol. The Labute approximate surface area is 228 Å². The van der Waals surface area contributed by atoms with Gasteiger partial charge >= 0.3 is 5.97 Å². The molecule has 2 amide bonds. The second kappa shape index (κ2) is 10.3. The fourth-order valence-electron chi connectivity index (χ4n) is 5.03. The van der Waals surface area contributed by atoms with E-state index < -0.39 is 17.6 Å². The maximum Gasteiger partial charge on any atom is 0.341 e. The average Bonchev–Trinajstić information content (AvgIpc) is 3.38. The van der Waals surface area contributed by atoms with Gasteiger partial charge in [-0.05, 0) is 94.1 Å². The van der Waals surface area contributed by atoms with Crippen LogP contribution in [-0.4, -0.2) is 34.1 Å². The molecule has 0 saturated carbocycles. The van der Waals surface area contributed by atoms with Gasteiger partial charge in [0.2, 0.25) is 0 Å². The molecule has 1 aliphatic heterocycles. The topological polar surface area (TPSA) is 80.6 Å². The van der Waals surface area contributed by atoms with E-state index in [-0.39, 0.29) is 28.9 Å². The molecular weight excluding hydrogens is 525 g/mol. The lowest BCUT2D eigenvalue weighted by Crippen LogP contribution is -2.54. The number of hydrogen-bond acceptors (Lipinski definition) is 6. The highest BCUT2D eigenvalue weighted by Crippen LogP contribution is 2.39. The number of ether oxygens (including phenoxy) is 1. The van der Waals surface area contributed by atoms with Crippen LogP contribution in [-0.2, 0) is 27.2 Å². The Balaban J connectivity index is 1.60. The Hall–Kier alpha value is -3.63. The molecule has 2 aromatic heterocycles. The number of carbonyl (C=O) groups is 3. The highest BCUT2D eigenvalue weighted by molar-refractivity contribution is 7.80. The molecule has 3 aromatic rings. The molecule has 0 unspecified atom stereocenters. The Bertz CT molecular complexity index is 1530. The number of hydrogen-bond donors (Lipinski definition) is 1. The molecule has 2 aliphatic rings. The minimum Gasteiger partial charge on any atom is -0.462 e. The zero-order valence-corrected chi connectivity index (χ0v) is 22.9. The number of halogens is 1. The fraction of sp³-hybridized carbons (Fsp3) is 0.286. The number of para-hydroxylation sites is 1. The molecule has 0 atom stereocenters. The van der Waals surface area contributed by atoms with Crippen LogP contribution in [0.4, 0.5) is 10.1 Å². The smallest absolute Gasteiger partial charge is 0.341 e. The molecule has 1 fully saturated rings. The van der Waals surface area contributed by atoms with Crippen LogP contribution >= 0.6 is 23.6 Å². The van der Waals surface area contributed by atoms with Crippen molar-refractivity contribution in [3.8, 4) is 5.00 Å². The Morgan fingerprint density at radius 2 is 1.95 bits per heavy atom. The number of rotatable bonds is 5. The molecule has 3 heterocycles. The molecule has 5 rings (SSSR count). The molecule has 10 heteroatoms. The summed E-state index contributed by atoms with van der Waals surface area (Å²) in [5.41, 5.74) is 3.66. The molecular formula is C28H26FN3O4S2. The van der Waals surface area contributed by atoms with Crippen molar-refractivity contribution in [3.05, 3.63) is 74.7 Å². The predicted octanol–water partition coefficient (Wildman–Crippen LogP) is 5.18. The summed E-state index contributed by atoms with van der Waals surface area (Å²) in [4.78, 5) is 41.5. The van der Waals surface area contributed by atoms with Crippen LogP contribution in [0.2, 0.25) is 0 Å². The van der Waals surface area contributed by atoms with E-state index in [2.05, 4.69) is 5.32 Å². The van der Waals surface area contributed by atoms with Gasteiger partial charge in [-0.25, -0.2) is 14.1 Å². The number of thiocarbonyl (C=S) groups is 1. The molecule has 1 saturated heterocycles. The molecule has 196 valence electrons. The minimum atomic E-state index is -0.715. The van der Waals surface area contributed by atoms with Gasteiger partial charge in [-0.2, -0.15) is 0 Å². The molecule has 1 aromatic carbocycles. The van der Waals surface area contributed by atoms with Gasteiger partial charge in [0.15, 0.2) is 5.11 Å². The summed E-state index contributed by atoms with van der Waals surface area (Å²) in [6.45, 7) is 5.85. The molecule has 0 spiro atoms. The number of aryl methyl sites for hydroxylation is 2. The van der Waals surface area contributed by atoms with Gasteiger partial charge in [-0.1, -0.05) is 12.1 Å². The first kappa shape index (κ1) is 26.0. The van der Waals surface area contributed by atoms with Gasteiger partial charge in [0.05, 0.1) is 17.9 Å². The number of esters is 1. The summed E-state index contributed by atoms with van der Waals surface area (Å²) < 4.78 is 21.9. The molecule has 7 nitrogen and oxygen atoms in total. The third-order valence-electron chi connectivity index (χ3n) is 6.80. The first-order valence-electron chi connectivity index (χ1n) is 12.4. The average molecular weight is 552 g/mol. The second-order valence-electron chi connectivity index (χ2n) is 9.18. The molecule has 0 bridgehead atoms. The molecule has 1 N–H and O–H groups in total. The van der Waals surface area contributed by atoms with E-state index in [1.54, 1.807) is 24.3 Å². The minimum absolute atomic E-state index is 0.0397. The van der Waals surface area contributed by atoms with Crippen molar-refractivity contribution >= 4 is 58.2 Å². The summed E-state index contributed by atoms with van der Waals surface area (Å²) >= 11 is 6.78. The highest BCUT2D eigenvalue weighted by Gasteiger charge is 2.36. The van der Waals surface area contributed by atoms with Gasteiger partial charge in [0.1, 0.15) is 16.4 Å². The van der Waals surface area contributed by atoms with E-state index in [1.807, 2.05) is 24.5 Å². The van der Waals surface area contributed by atoms with Gasteiger partial charge in [0, 0.05) is 16.3 Å². The number of carbonyl (C=O) groups excluding carboxylic acids is 3. The van der Waals surface area contributed by atoms with Gasteiger partial charge in [-0.15, -0.1) is 11.3 Å². The first-order chi connectivity index (χ1) is 18.2. The maximum absolute atomic E-state index is 14.5.